The summed E-state index contributed by atoms with van der Waals surface area (Å²) < 4.78 is 0. The van der Waals surface area contributed by atoms with Crippen LogP contribution >= 0.6 is 0 Å². The second-order valence-corrected chi connectivity index (χ2v) is 19.5. The number of hydrogen-bond acceptors (Lipinski definition) is 3. The molecule has 3 heteroatoms. The first kappa shape index (κ1) is 39.4. The summed E-state index contributed by atoms with van der Waals surface area (Å²) in [6, 6.07) is 73.2. The zero-order valence-electron chi connectivity index (χ0n) is 38.1. The van der Waals surface area contributed by atoms with Crippen LogP contribution in [0.15, 0.2) is 200 Å². The van der Waals surface area contributed by atoms with Gasteiger partial charge in [-0.1, -0.05) is 198 Å². The van der Waals surface area contributed by atoms with Gasteiger partial charge in [0.25, 0.3) is 0 Å². The highest BCUT2D eigenvalue weighted by Gasteiger charge is 2.37. The van der Waals surface area contributed by atoms with Crippen molar-refractivity contribution in [3.8, 4) is 101 Å². The minimum absolute atomic E-state index is 0.0916. The summed E-state index contributed by atoms with van der Waals surface area (Å²) in [6.45, 7) is 9.51. The average molecular weight is 858 g/mol. The van der Waals surface area contributed by atoms with Gasteiger partial charge >= 0.3 is 0 Å². The van der Waals surface area contributed by atoms with Crippen LogP contribution in [0.2, 0.25) is 0 Å². The smallest absolute Gasteiger partial charge is 0.164 e. The predicted molar refractivity (Wildman–Crippen MR) is 276 cm³/mol. The summed E-state index contributed by atoms with van der Waals surface area (Å²) in [6.07, 6.45) is 0.829. The molecule has 1 heterocycles. The highest BCUT2D eigenvalue weighted by molar-refractivity contribution is 5.95. The molecule has 1 aromatic heterocycles. The van der Waals surface area contributed by atoms with Crippen molar-refractivity contribution in [1.82, 2.24) is 15.0 Å². The van der Waals surface area contributed by atoms with Crippen LogP contribution in [0.4, 0.5) is 0 Å². The van der Waals surface area contributed by atoms with Crippen LogP contribution in [0.5, 0.6) is 0 Å². The molecule has 0 radical (unpaired) electrons. The van der Waals surface area contributed by atoms with Crippen LogP contribution in [0, 0.1) is 0 Å². The zero-order valence-corrected chi connectivity index (χ0v) is 38.1. The molecule has 3 nitrogen and oxygen atoms in total. The number of benzene rings is 9. The molecule has 0 aliphatic heterocycles. The molecule has 3 aliphatic carbocycles. The summed E-state index contributed by atoms with van der Waals surface area (Å²) >= 11 is 0. The molecule has 0 amide bonds. The van der Waals surface area contributed by atoms with E-state index in [1.54, 1.807) is 0 Å². The second-order valence-electron chi connectivity index (χ2n) is 19.5. The first-order valence-corrected chi connectivity index (χ1v) is 23.5. The summed E-state index contributed by atoms with van der Waals surface area (Å²) in [7, 11) is 0. The fraction of sp³-hybridized carbons (Fsp3) is 0.109. The maximum absolute atomic E-state index is 5.09. The Morgan fingerprint density at radius 2 is 0.687 bits per heavy atom. The highest BCUT2D eigenvalue weighted by Crippen LogP contribution is 2.53. The number of hydrogen-bond donors (Lipinski definition) is 0. The van der Waals surface area contributed by atoms with Gasteiger partial charge in [0.15, 0.2) is 17.5 Å². The maximum Gasteiger partial charge on any atom is 0.164 e. The van der Waals surface area contributed by atoms with Crippen molar-refractivity contribution in [2.75, 3.05) is 0 Å². The molecule has 13 rings (SSSR count). The number of rotatable bonds is 6. The van der Waals surface area contributed by atoms with Gasteiger partial charge < -0.3 is 0 Å². The quantitative estimate of drug-likeness (QED) is 0.167. The molecule has 0 bridgehead atoms. The van der Waals surface area contributed by atoms with Crippen LogP contribution < -0.4 is 0 Å². The fourth-order valence-corrected chi connectivity index (χ4v) is 11.5. The third-order valence-electron chi connectivity index (χ3n) is 15.0. The van der Waals surface area contributed by atoms with Gasteiger partial charge in [-0.2, -0.15) is 0 Å². The standard InChI is InChI=1S/C64H47N3/c1-63(2)56-27-13-11-23-48(56)50-31-29-41(36-58(50)63)45-34-52(43-30-32-51-49-24-12-14-28-57(49)64(3,4)59(51)37-43)55-38-54-46(25-16-26-47(54)53(55)35-45)42-21-15-22-44(33-42)62-66-60(39-17-7-5-8-18-39)65-61(67-62)40-19-9-6-10-20-40/h5-37H,38H2,1-4H3. The van der Waals surface area contributed by atoms with E-state index in [4.69, 9.17) is 15.0 Å². The Morgan fingerprint density at radius 3 is 1.31 bits per heavy atom. The van der Waals surface area contributed by atoms with Crippen molar-refractivity contribution < 1.29 is 0 Å². The Labute approximate surface area is 392 Å². The Hall–Kier alpha value is -8.01. The topological polar surface area (TPSA) is 38.7 Å². The monoisotopic (exact) mass is 857 g/mol. The van der Waals surface area contributed by atoms with Crippen LogP contribution in [0.3, 0.4) is 0 Å². The Bertz CT molecular complexity index is 3600. The van der Waals surface area contributed by atoms with E-state index >= 15 is 0 Å². The van der Waals surface area contributed by atoms with E-state index in [2.05, 4.69) is 191 Å². The predicted octanol–water partition coefficient (Wildman–Crippen LogP) is 16.1. The van der Waals surface area contributed by atoms with Gasteiger partial charge in [0, 0.05) is 27.5 Å². The molecule has 10 aromatic rings. The van der Waals surface area contributed by atoms with Crippen LogP contribution in [-0.2, 0) is 17.3 Å². The van der Waals surface area contributed by atoms with Crippen molar-refractivity contribution >= 4 is 0 Å². The Balaban J connectivity index is 0.960. The van der Waals surface area contributed by atoms with Crippen LogP contribution in [0.1, 0.15) is 61.1 Å². The van der Waals surface area contributed by atoms with E-state index in [1.165, 1.54) is 94.6 Å². The summed E-state index contributed by atoms with van der Waals surface area (Å²) in [5.41, 5.74) is 26.4. The molecular weight excluding hydrogens is 811 g/mol. The molecule has 318 valence electrons. The third-order valence-corrected chi connectivity index (χ3v) is 15.0. The number of fused-ring (bicyclic) bond motifs is 9. The lowest BCUT2D eigenvalue weighted by atomic mass is 9.80. The molecule has 0 unspecified atom stereocenters. The largest absolute Gasteiger partial charge is 0.208 e. The minimum atomic E-state index is -0.104. The van der Waals surface area contributed by atoms with Crippen molar-refractivity contribution in [2.45, 2.75) is 44.9 Å². The Kier molecular flexibility index (Phi) is 8.67. The molecule has 0 spiro atoms. The van der Waals surface area contributed by atoms with E-state index in [1.807, 2.05) is 36.4 Å². The molecule has 0 saturated heterocycles. The molecule has 0 N–H and O–H groups in total. The van der Waals surface area contributed by atoms with Gasteiger partial charge in [-0.25, -0.2) is 15.0 Å². The summed E-state index contributed by atoms with van der Waals surface area (Å²) in [5.74, 6) is 1.97. The van der Waals surface area contributed by atoms with Gasteiger partial charge in [-0.15, -0.1) is 0 Å². The highest BCUT2D eigenvalue weighted by atomic mass is 15.0. The van der Waals surface area contributed by atoms with Gasteiger partial charge in [0.2, 0.25) is 0 Å². The lowest BCUT2D eigenvalue weighted by Gasteiger charge is -2.23. The Morgan fingerprint density at radius 1 is 0.269 bits per heavy atom. The lowest BCUT2D eigenvalue weighted by Crippen LogP contribution is -2.15. The fourth-order valence-electron chi connectivity index (χ4n) is 11.5. The first-order valence-electron chi connectivity index (χ1n) is 23.5. The van der Waals surface area contributed by atoms with E-state index in [9.17, 15) is 0 Å². The summed E-state index contributed by atoms with van der Waals surface area (Å²) in [4.78, 5) is 15.1. The number of aromatic nitrogens is 3. The van der Waals surface area contributed by atoms with Gasteiger partial charge in [-0.3, -0.25) is 0 Å². The molecule has 0 fully saturated rings. The lowest BCUT2D eigenvalue weighted by molar-refractivity contribution is 0.660. The molecule has 0 saturated carbocycles. The summed E-state index contributed by atoms with van der Waals surface area (Å²) in [5, 5.41) is 0. The van der Waals surface area contributed by atoms with Crippen molar-refractivity contribution in [1.29, 1.82) is 0 Å². The van der Waals surface area contributed by atoms with Gasteiger partial charge in [0.1, 0.15) is 0 Å². The number of nitrogens with zero attached hydrogens (tertiary/aromatic N) is 3. The van der Waals surface area contributed by atoms with Gasteiger partial charge in [0.05, 0.1) is 0 Å². The normalized spacial score (nSPS) is 14.1. The maximum atomic E-state index is 5.09. The van der Waals surface area contributed by atoms with E-state index < -0.39 is 0 Å². The molecular formula is C64H47N3. The van der Waals surface area contributed by atoms with Crippen LogP contribution in [0.25, 0.3) is 101 Å². The van der Waals surface area contributed by atoms with E-state index in [-0.39, 0.29) is 10.8 Å². The van der Waals surface area contributed by atoms with Crippen LogP contribution in [-0.4, -0.2) is 15.0 Å². The molecule has 0 atom stereocenters. The van der Waals surface area contributed by atoms with E-state index in [0.29, 0.717) is 17.5 Å². The molecule has 3 aliphatic rings. The van der Waals surface area contributed by atoms with E-state index in [0.717, 1.165) is 28.7 Å². The van der Waals surface area contributed by atoms with Crippen molar-refractivity contribution in [3.05, 3.63) is 234 Å². The first-order chi connectivity index (χ1) is 32.7. The second kappa shape index (κ2) is 14.8. The molecule has 67 heavy (non-hydrogen) atoms. The third kappa shape index (κ3) is 6.15. The molecule has 9 aromatic carbocycles. The average Bonchev–Trinajstić information content (AvgIpc) is 3.96. The van der Waals surface area contributed by atoms with Crippen molar-refractivity contribution in [2.24, 2.45) is 0 Å². The van der Waals surface area contributed by atoms with Crippen molar-refractivity contribution in [3.63, 3.8) is 0 Å². The van der Waals surface area contributed by atoms with Gasteiger partial charge in [-0.05, 0) is 137 Å². The zero-order chi connectivity index (χ0) is 45.0. The minimum Gasteiger partial charge on any atom is -0.208 e. The SMILES string of the molecule is CC1(C)c2ccccc2-c2ccc(-c3cc(-c4ccc5c(c4)C(C)(C)c4ccccc4-5)c4c(c3)-c3cccc(-c5cccc(-c6nc(-c7ccccc7)nc(-c7ccccc7)n6)c5)c3C4)cc21.